The van der Waals surface area contributed by atoms with E-state index in [1.807, 2.05) is 0 Å². The summed E-state index contributed by atoms with van der Waals surface area (Å²) in [7, 11) is 0. The van der Waals surface area contributed by atoms with Crippen LogP contribution in [0.1, 0.15) is 51.4 Å². The highest BCUT2D eigenvalue weighted by atomic mass is 16.4. The van der Waals surface area contributed by atoms with Crippen molar-refractivity contribution < 1.29 is 49.8 Å². The Balaban J connectivity index is 0. The lowest BCUT2D eigenvalue weighted by Gasteiger charge is -2.07. The van der Waals surface area contributed by atoms with Gasteiger partial charge in [0.15, 0.2) is 12.2 Å². The van der Waals surface area contributed by atoms with Crippen molar-refractivity contribution in [2.24, 2.45) is 0 Å². The zero-order chi connectivity index (χ0) is 19.1. The lowest BCUT2D eigenvalue weighted by Crippen LogP contribution is -2.39. The molecule has 10 nitrogen and oxygen atoms in total. The van der Waals surface area contributed by atoms with Gasteiger partial charge < -0.3 is 30.6 Å². The number of hydrogen-bond donors (Lipinski definition) is 6. The van der Waals surface area contributed by atoms with E-state index in [0.717, 1.165) is 38.5 Å². The van der Waals surface area contributed by atoms with Gasteiger partial charge in [-0.2, -0.15) is 0 Å². The Bertz CT molecular complexity index is 368. The van der Waals surface area contributed by atoms with Crippen molar-refractivity contribution in [1.82, 2.24) is 0 Å². The molecule has 24 heavy (non-hydrogen) atoms. The maximum Gasteiger partial charge on any atom is 0.335 e. The van der Waals surface area contributed by atoms with Crippen molar-refractivity contribution >= 4 is 23.9 Å². The Morgan fingerprint density at radius 1 is 0.542 bits per heavy atom. The first-order valence-corrected chi connectivity index (χ1v) is 7.35. The van der Waals surface area contributed by atoms with Gasteiger partial charge in [0.2, 0.25) is 0 Å². The third-order valence-corrected chi connectivity index (χ3v) is 2.84. The highest BCUT2D eigenvalue weighted by Crippen LogP contribution is 2.08. The predicted octanol–water partition coefficient (Wildman–Crippen LogP) is 0.154. The van der Waals surface area contributed by atoms with Crippen LogP contribution in [0.4, 0.5) is 0 Å². The normalized spacial score (nSPS) is 12.4. The molecule has 0 bridgehead atoms. The first-order chi connectivity index (χ1) is 11.1. The summed E-state index contributed by atoms with van der Waals surface area (Å²) in [5.41, 5.74) is 0. The number of hydrogen-bond acceptors (Lipinski definition) is 6. The number of rotatable bonds is 12. The molecule has 2 atom stereocenters. The number of aliphatic carboxylic acids is 4. The monoisotopic (exact) mass is 352 g/mol. The second kappa shape index (κ2) is 14.4. The predicted molar refractivity (Wildman–Crippen MR) is 79.5 cm³/mol. The van der Waals surface area contributed by atoms with Crippen LogP contribution >= 0.6 is 0 Å². The van der Waals surface area contributed by atoms with Crippen LogP contribution in [0.5, 0.6) is 0 Å². The molecule has 0 aromatic rings. The van der Waals surface area contributed by atoms with E-state index in [-0.39, 0.29) is 12.8 Å². The van der Waals surface area contributed by atoms with Crippen LogP contribution in [0.2, 0.25) is 0 Å². The van der Waals surface area contributed by atoms with E-state index in [0.29, 0.717) is 0 Å². The number of carboxylic acids is 4. The lowest BCUT2D eigenvalue weighted by molar-refractivity contribution is -0.165. The molecule has 140 valence electrons. The first-order valence-electron chi connectivity index (χ1n) is 7.35. The quantitative estimate of drug-likeness (QED) is 0.264. The van der Waals surface area contributed by atoms with Gasteiger partial charge in [0.05, 0.1) is 0 Å². The van der Waals surface area contributed by atoms with E-state index >= 15 is 0 Å². The third kappa shape index (κ3) is 16.2. The van der Waals surface area contributed by atoms with Crippen LogP contribution < -0.4 is 0 Å². The highest BCUT2D eigenvalue weighted by Gasteiger charge is 2.29. The third-order valence-electron chi connectivity index (χ3n) is 2.84. The van der Waals surface area contributed by atoms with Crippen molar-refractivity contribution in [2.45, 2.75) is 63.6 Å². The van der Waals surface area contributed by atoms with Crippen molar-refractivity contribution in [3.63, 3.8) is 0 Å². The van der Waals surface area contributed by atoms with Gasteiger partial charge in [0.25, 0.3) is 0 Å². The molecule has 0 heterocycles. The van der Waals surface area contributed by atoms with Gasteiger partial charge in [0.1, 0.15) is 0 Å². The van der Waals surface area contributed by atoms with Gasteiger partial charge >= 0.3 is 23.9 Å². The number of unbranched alkanes of at least 4 members (excludes halogenated alkanes) is 5. The molecule has 0 fully saturated rings. The highest BCUT2D eigenvalue weighted by molar-refractivity contribution is 5.83. The van der Waals surface area contributed by atoms with Crippen molar-refractivity contribution in [2.75, 3.05) is 0 Å². The summed E-state index contributed by atoms with van der Waals surface area (Å²) in [6, 6.07) is 0. The summed E-state index contributed by atoms with van der Waals surface area (Å²) in [6.45, 7) is 0. The molecular formula is C14H24O10. The molecule has 10 heteroatoms. The molecule has 0 aromatic heterocycles. The molecule has 0 radical (unpaired) electrons. The fraction of sp³-hybridized carbons (Fsp3) is 0.714. The fourth-order valence-electron chi connectivity index (χ4n) is 1.53. The van der Waals surface area contributed by atoms with E-state index in [2.05, 4.69) is 0 Å². The molecule has 0 aliphatic heterocycles. The Labute approximate surface area is 138 Å². The van der Waals surface area contributed by atoms with Crippen LogP contribution in [0.3, 0.4) is 0 Å². The largest absolute Gasteiger partial charge is 0.481 e. The summed E-state index contributed by atoms with van der Waals surface area (Å²) >= 11 is 0. The maximum absolute atomic E-state index is 10.1. The van der Waals surface area contributed by atoms with Gasteiger partial charge in [0, 0.05) is 12.8 Å². The fourth-order valence-corrected chi connectivity index (χ4v) is 1.53. The maximum atomic E-state index is 10.1. The molecule has 0 rings (SSSR count). The van der Waals surface area contributed by atoms with Gasteiger partial charge in [-0.25, -0.2) is 9.59 Å². The average molecular weight is 352 g/mol. The zero-order valence-corrected chi connectivity index (χ0v) is 13.1. The summed E-state index contributed by atoms with van der Waals surface area (Å²) in [5.74, 6) is -5.02. The molecule has 0 spiro atoms. The van der Waals surface area contributed by atoms with Gasteiger partial charge in [-0.3, -0.25) is 9.59 Å². The number of carbonyl (C=O) groups is 4. The minimum Gasteiger partial charge on any atom is -0.481 e. The number of aliphatic hydroxyl groups is 2. The molecule has 0 amide bonds. The molecule has 0 aliphatic rings. The zero-order valence-electron chi connectivity index (χ0n) is 13.1. The van der Waals surface area contributed by atoms with Gasteiger partial charge in [-0.15, -0.1) is 0 Å². The van der Waals surface area contributed by atoms with E-state index in [1.54, 1.807) is 0 Å². The summed E-state index contributed by atoms with van der Waals surface area (Å²) in [4.78, 5) is 39.8. The smallest absolute Gasteiger partial charge is 0.335 e. The van der Waals surface area contributed by atoms with Crippen LogP contribution in [0.15, 0.2) is 0 Å². The number of aliphatic hydroxyl groups excluding tert-OH is 2. The Hall–Kier alpha value is -2.20. The van der Waals surface area contributed by atoms with Crippen LogP contribution in [-0.2, 0) is 19.2 Å². The van der Waals surface area contributed by atoms with Crippen molar-refractivity contribution in [3.8, 4) is 0 Å². The lowest BCUT2D eigenvalue weighted by atomic mass is 10.1. The standard InChI is InChI=1S/C10H18O4.C4H6O6/c11-9(12)7-5-3-1-2-4-6-8-10(13)14;5-1(3(7)8)2(6)4(9)10/h1-8H2,(H,11,12)(H,13,14);1-2,5-6H,(H,7,8)(H,9,10). The van der Waals surface area contributed by atoms with Gasteiger partial charge in [-0.05, 0) is 12.8 Å². The van der Waals surface area contributed by atoms with Crippen LogP contribution in [0, 0.1) is 0 Å². The summed E-state index contributed by atoms with van der Waals surface area (Å²) in [5, 5.41) is 49.2. The van der Waals surface area contributed by atoms with Crippen molar-refractivity contribution in [1.29, 1.82) is 0 Å². The van der Waals surface area contributed by atoms with E-state index in [9.17, 15) is 19.2 Å². The minimum absolute atomic E-state index is 0.245. The molecule has 6 N–H and O–H groups in total. The minimum atomic E-state index is -2.27. The Kier molecular flexibility index (Phi) is 14.4. The molecule has 0 saturated carbocycles. The van der Waals surface area contributed by atoms with E-state index in [4.69, 9.17) is 30.6 Å². The second-order valence-electron chi connectivity index (χ2n) is 4.97. The second-order valence-corrected chi connectivity index (χ2v) is 4.97. The molecule has 0 aliphatic carbocycles. The summed E-state index contributed by atoms with van der Waals surface area (Å²) in [6.07, 6.45) is 1.29. The Morgan fingerprint density at radius 2 is 0.792 bits per heavy atom. The van der Waals surface area contributed by atoms with Crippen LogP contribution in [0.25, 0.3) is 0 Å². The van der Waals surface area contributed by atoms with Crippen molar-refractivity contribution in [3.05, 3.63) is 0 Å². The van der Waals surface area contributed by atoms with Crippen LogP contribution in [-0.4, -0.2) is 66.7 Å². The molecule has 0 saturated heterocycles. The topological polar surface area (TPSA) is 190 Å². The number of carboxylic acid groups (broad SMARTS) is 4. The molecule has 2 unspecified atom stereocenters. The van der Waals surface area contributed by atoms with E-state index in [1.165, 1.54) is 0 Å². The first kappa shape index (κ1) is 24.1. The van der Waals surface area contributed by atoms with E-state index < -0.39 is 36.1 Å². The molecular weight excluding hydrogens is 328 g/mol. The van der Waals surface area contributed by atoms with Gasteiger partial charge in [-0.1, -0.05) is 25.7 Å². The summed E-state index contributed by atoms with van der Waals surface area (Å²) < 4.78 is 0. The SMILES string of the molecule is O=C(O)C(O)C(O)C(=O)O.O=C(O)CCCCCCCCC(=O)O. The molecule has 0 aromatic carbocycles. The average Bonchev–Trinajstić information content (AvgIpc) is 2.48. The Morgan fingerprint density at radius 3 is 1.00 bits per heavy atom.